The third kappa shape index (κ3) is 3.34. The molecule has 2 nitrogen and oxygen atoms in total. The Morgan fingerprint density at radius 1 is 1.22 bits per heavy atom. The minimum atomic E-state index is -0.223. The van der Waals surface area contributed by atoms with E-state index in [0.717, 1.165) is 42.4 Å². The number of anilines is 1. The molecule has 2 aliphatic carbocycles. The third-order valence-electron chi connectivity index (χ3n) is 5.54. The second-order valence-corrected chi connectivity index (χ2v) is 7.15. The Morgan fingerprint density at radius 3 is 2.65 bits per heavy atom. The van der Waals surface area contributed by atoms with Gasteiger partial charge < -0.3 is 10.1 Å². The van der Waals surface area contributed by atoms with Gasteiger partial charge in [-0.1, -0.05) is 31.8 Å². The van der Waals surface area contributed by atoms with Gasteiger partial charge in [-0.05, 0) is 55.9 Å². The average Bonchev–Trinajstić information content (AvgIpc) is 2.84. The van der Waals surface area contributed by atoms with Crippen molar-refractivity contribution in [1.82, 2.24) is 0 Å². The van der Waals surface area contributed by atoms with Crippen molar-refractivity contribution in [1.29, 1.82) is 0 Å². The summed E-state index contributed by atoms with van der Waals surface area (Å²) in [4.78, 5) is 11.5. The minimum absolute atomic E-state index is 0.0673. The van der Waals surface area contributed by atoms with Gasteiger partial charge in [0.05, 0.1) is 0 Å². The molecule has 2 aliphatic rings. The highest BCUT2D eigenvalue weighted by molar-refractivity contribution is 5.89. The summed E-state index contributed by atoms with van der Waals surface area (Å²) in [5, 5.41) is 3.56. The zero-order valence-corrected chi connectivity index (χ0v) is 14.1. The zero-order chi connectivity index (χ0) is 16.4. The van der Waals surface area contributed by atoms with Crippen LogP contribution in [0.4, 0.5) is 10.1 Å². The van der Waals surface area contributed by atoms with Gasteiger partial charge in [0.25, 0.3) is 0 Å². The molecule has 1 saturated carbocycles. The number of rotatable bonds is 4. The number of aldehydes is 1. The van der Waals surface area contributed by atoms with E-state index in [2.05, 4.69) is 19.2 Å². The largest absolute Gasteiger partial charge is 0.382 e. The Kier molecular flexibility index (Phi) is 4.84. The van der Waals surface area contributed by atoms with E-state index in [1.165, 1.54) is 30.9 Å². The summed E-state index contributed by atoms with van der Waals surface area (Å²) in [7, 11) is 0. The number of hydrogen-bond acceptors (Lipinski definition) is 2. The van der Waals surface area contributed by atoms with Crippen molar-refractivity contribution in [3.63, 3.8) is 0 Å². The first-order valence-electron chi connectivity index (χ1n) is 8.82. The van der Waals surface area contributed by atoms with Crippen molar-refractivity contribution in [2.75, 3.05) is 5.32 Å². The van der Waals surface area contributed by atoms with Crippen molar-refractivity contribution < 1.29 is 9.18 Å². The van der Waals surface area contributed by atoms with E-state index >= 15 is 0 Å². The quantitative estimate of drug-likeness (QED) is 0.774. The van der Waals surface area contributed by atoms with Crippen LogP contribution in [0.3, 0.4) is 0 Å². The number of carbonyl (C=O) groups excluding carboxylic acids is 1. The molecular formula is C20H26FNO. The van der Waals surface area contributed by atoms with Crippen LogP contribution in [-0.4, -0.2) is 12.3 Å². The van der Waals surface area contributed by atoms with Crippen LogP contribution in [0.2, 0.25) is 0 Å². The highest BCUT2D eigenvalue weighted by Gasteiger charge is 2.31. The van der Waals surface area contributed by atoms with Crippen molar-refractivity contribution in [3.05, 3.63) is 35.2 Å². The number of allylic oxidation sites excluding steroid dienone is 2. The molecule has 1 aromatic rings. The zero-order valence-electron chi connectivity index (χ0n) is 14.1. The molecule has 0 bridgehead atoms. The van der Waals surface area contributed by atoms with E-state index < -0.39 is 0 Å². The van der Waals surface area contributed by atoms with Crippen LogP contribution >= 0.6 is 0 Å². The molecule has 0 heterocycles. The standard InChI is InChI=1S/C20H26FNO/c1-13-10-15(12-23)20(14(13)2)18-9-8-16(21)11-19(18)22-17-6-4-3-5-7-17/h8-9,11-13,15,17,22H,3-7,10H2,1-2H3. The third-order valence-corrected chi connectivity index (χ3v) is 5.54. The summed E-state index contributed by atoms with van der Waals surface area (Å²) >= 11 is 0. The van der Waals surface area contributed by atoms with Gasteiger partial charge in [0, 0.05) is 23.2 Å². The molecule has 23 heavy (non-hydrogen) atoms. The number of benzene rings is 1. The van der Waals surface area contributed by atoms with Gasteiger partial charge in [-0.3, -0.25) is 0 Å². The Hall–Kier alpha value is -1.64. The lowest BCUT2D eigenvalue weighted by Crippen LogP contribution is -2.23. The highest BCUT2D eigenvalue weighted by Crippen LogP contribution is 2.44. The van der Waals surface area contributed by atoms with Gasteiger partial charge >= 0.3 is 0 Å². The monoisotopic (exact) mass is 315 g/mol. The molecule has 0 aliphatic heterocycles. The van der Waals surface area contributed by atoms with E-state index in [1.807, 2.05) is 6.07 Å². The molecule has 2 unspecified atom stereocenters. The lowest BCUT2D eigenvalue weighted by molar-refractivity contribution is -0.109. The Balaban J connectivity index is 1.97. The summed E-state index contributed by atoms with van der Waals surface area (Å²) in [6.45, 7) is 4.27. The second-order valence-electron chi connectivity index (χ2n) is 7.15. The number of hydrogen-bond donors (Lipinski definition) is 1. The van der Waals surface area contributed by atoms with Gasteiger partial charge in [0.15, 0.2) is 0 Å². The van der Waals surface area contributed by atoms with E-state index in [-0.39, 0.29) is 11.7 Å². The first-order chi connectivity index (χ1) is 11.1. The highest BCUT2D eigenvalue weighted by atomic mass is 19.1. The molecule has 0 amide bonds. The first-order valence-corrected chi connectivity index (χ1v) is 8.82. The number of carbonyl (C=O) groups is 1. The summed E-state index contributed by atoms with van der Waals surface area (Å²) in [5.41, 5.74) is 4.23. The molecule has 3 rings (SSSR count). The summed E-state index contributed by atoms with van der Waals surface area (Å²) in [5.74, 6) is 0.120. The fraction of sp³-hybridized carbons (Fsp3) is 0.550. The maximum Gasteiger partial charge on any atom is 0.127 e. The fourth-order valence-corrected chi connectivity index (χ4v) is 4.11. The molecular weight excluding hydrogens is 289 g/mol. The predicted molar refractivity (Wildman–Crippen MR) is 92.8 cm³/mol. The lowest BCUT2D eigenvalue weighted by Gasteiger charge is -2.26. The van der Waals surface area contributed by atoms with E-state index in [4.69, 9.17) is 0 Å². The molecule has 1 N–H and O–H groups in total. The predicted octanol–water partition coefficient (Wildman–Crippen LogP) is 5.20. The maximum absolute atomic E-state index is 13.8. The molecule has 124 valence electrons. The molecule has 0 saturated heterocycles. The van der Waals surface area contributed by atoms with Crippen LogP contribution in [0.1, 0.15) is 57.9 Å². The second kappa shape index (κ2) is 6.86. The van der Waals surface area contributed by atoms with Crippen LogP contribution in [0.25, 0.3) is 5.57 Å². The first kappa shape index (κ1) is 16.2. The van der Waals surface area contributed by atoms with Gasteiger partial charge in [-0.2, -0.15) is 0 Å². The van der Waals surface area contributed by atoms with Crippen molar-refractivity contribution >= 4 is 17.5 Å². The molecule has 1 aromatic carbocycles. The van der Waals surface area contributed by atoms with E-state index in [1.54, 1.807) is 6.07 Å². The van der Waals surface area contributed by atoms with Crippen LogP contribution < -0.4 is 5.32 Å². The average molecular weight is 315 g/mol. The van der Waals surface area contributed by atoms with Crippen molar-refractivity contribution in [2.45, 2.75) is 58.4 Å². The number of nitrogens with one attached hydrogen (secondary N) is 1. The maximum atomic E-state index is 13.8. The lowest BCUT2D eigenvalue weighted by atomic mass is 9.91. The van der Waals surface area contributed by atoms with Gasteiger partial charge in [0.2, 0.25) is 0 Å². The van der Waals surface area contributed by atoms with Crippen LogP contribution in [-0.2, 0) is 4.79 Å². The van der Waals surface area contributed by atoms with Crippen molar-refractivity contribution in [3.8, 4) is 0 Å². The topological polar surface area (TPSA) is 29.1 Å². The van der Waals surface area contributed by atoms with Crippen molar-refractivity contribution in [2.24, 2.45) is 11.8 Å². The molecule has 1 fully saturated rings. The minimum Gasteiger partial charge on any atom is -0.382 e. The van der Waals surface area contributed by atoms with E-state index in [0.29, 0.717) is 12.0 Å². The Bertz CT molecular complexity index is 616. The smallest absolute Gasteiger partial charge is 0.127 e. The summed E-state index contributed by atoms with van der Waals surface area (Å²) in [6.07, 6.45) is 7.96. The van der Waals surface area contributed by atoms with Gasteiger partial charge in [-0.15, -0.1) is 0 Å². The van der Waals surface area contributed by atoms with E-state index in [9.17, 15) is 9.18 Å². The summed E-state index contributed by atoms with van der Waals surface area (Å²) in [6, 6.07) is 5.36. The molecule has 0 aromatic heterocycles. The molecule has 0 radical (unpaired) electrons. The van der Waals surface area contributed by atoms with Gasteiger partial charge in [-0.25, -0.2) is 4.39 Å². The van der Waals surface area contributed by atoms with Crippen LogP contribution in [0.5, 0.6) is 0 Å². The van der Waals surface area contributed by atoms with Crippen LogP contribution in [0, 0.1) is 17.7 Å². The fourth-order valence-electron chi connectivity index (χ4n) is 4.11. The Labute approximate surface area is 138 Å². The normalized spacial score (nSPS) is 25.7. The molecule has 0 spiro atoms. The van der Waals surface area contributed by atoms with Gasteiger partial charge in [0.1, 0.15) is 12.1 Å². The SMILES string of the molecule is CC1=C(c2ccc(F)cc2NC2CCCCC2)C(C=O)CC1C. The van der Waals surface area contributed by atoms with Crippen LogP contribution in [0.15, 0.2) is 23.8 Å². The molecule has 2 atom stereocenters. The number of halogens is 1. The summed E-state index contributed by atoms with van der Waals surface area (Å²) < 4.78 is 13.8. The Morgan fingerprint density at radius 2 is 1.96 bits per heavy atom. The molecule has 3 heteroatoms.